The zero-order valence-electron chi connectivity index (χ0n) is 14.3. The fraction of sp³-hybridized carbons (Fsp3) is 0.500. The molecule has 2 aliphatic rings. The molecular weight excluding hydrogens is 342 g/mol. The third-order valence-electron chi connectivity index (χ3n) is 5.24. The minimum absolute atomic E-state index is 0.0196. The molecule has 6 nitrogen and oxygen atoms in total. The summed E-state index contributed by atoms with van der Waals surface area (Å²) in [7, 11) is 1.65. The van der Waals surface area contributed by atoms with Crippen molar-refractivity contribution in [2.24, 2.45) is 5.92 Å². The Morgan fingerprint density at radius 2 is 1.88 bits per heavy atom. The average Bonchev–Trinajstić information content (AvgIpc) is 2.91. The zero-order valence-corrected chi connectivity index (χ0v) is 15.0. The van der Waals surface area contributed by atoms with Gasteiger partial charge in [0.25, 0.3) is 5.91 Å². The maximum Gasteiger partial charge on any atom is 0.288 e. The van der Waals surface area contributed by atoms with Crippen LogP contribution in [-0.4, -0.2) is 48.8 Å². The number of piperidine rings is 1. The summed E-state index contributed by atoms with van der Waals surface area (Å²) in [5, 5.41) is 3.32. The highest BCUT2D eigenvalue weighted by molar-refractivity contribution is 6.30. The van der Waals surface area contributed by atoms with Gasteiger partial charge in [-0.1, -0.05) is 23.7 Å². The Labute approximate surface area is 152 Å². The standard InChI is InChI=1S/C18H22ClN3O3/c1-20-17(24)13-6-8-21(9-7-13)15-10-16(23)22(18(15)25)11-12-2-4-14(19)5-3-12/h2-5,13,15H,6-11H2,1H3,(H,20,24)/p+1/t15-/m0/s1. The molecular formula is C18H23ClN3O3+. The van der Waals surface area contributed by atoms with Crippen LogP contribution >= 0.6 is 11.6 Å². The Balaban J connectivity index is 1.61. The third kappa shape index (κ3) is 3.85. The fourth-order valence-corrected chi connectivity index (χ4v) is 3.87. The number of imide groups is 1. The first-order valence-corrected chi connectivity index (χ1v) is 9.02. The summed E-state index contributed by atoms with van der Waals surface area (Å²) in [6.45, 7) is 1.78. The lowest BCUT2D eigenvalue weighted by Gasteiger charge is -2.31. The number of benzene rings is 1. The van der Waals surface area contributed by atoms with Crippen molar-refractivity contribution >= 4 is 29.3 Å². The molecule has 2 saturated heterocycles. The lowest BCUT2D eigenvalue weighted by Crippen LogP contribution is -3.17. The number of likely N-dealkylation sites (tertiary alicyclic amines) is 2. The normalized spacial score (nSPS) is 26.8. The Bertz CT molecular complexity index is 669. The summed E-state index contributed by atoms with van der Waals surface area (Å²) in [6, 6.07) is 6.86. The Hall–Kier alpha value is -1.92. The second kappa shape index (κ2) is 7.54. The van der Waals surface area contributed by atoms with Crippen LogP contribution in [0.15, 0.2) is 24.3 Å². The van der Waals surface area contributed by atoms with Gasteiger partial charge in [-0.15, -0.1) is 0 Å². The largest absolute Gasteiger partial charge is 0.359 e. The second-order valence-corrected chi connectivity index (χ2v) is 7.18. The van der Waals surface area contributed by atoms with E-state index in [-0.39, 0.29) is 36.1 Å². The molecule has 25 heavy (non-hydrogen) atoms. The van der Waals surface area contributed by atoms with Crippen molar-refractivity contribution < 1.29 is 19.3 Å². The lowest BCUT2D eigenvalue weighted by molar-refractivity contribution is -0.920. The minimum atomic E-state index is -0.314. The van der Waals surface area contributed by atoms with Gasteiger partial charge in [-0.05, 0) is 17.7 Å². The molecule has 2 aliphatic heterocycles. The van der Waals surface area contributed by atoms with Crippen molar-refractivity contribution in [3.8, 4) is 0 Å². The molecule has 0 radical (unpaired) electrons. The Morgan fingerprint density at radius 3 is 2.48 bits per heavy atom. The highest BCUT2D eigenvalue weighted by Crippen LogP contribution is 2.18. The maximum atomic E-state index is 12.7. The minimum Gasteiger partial charge on any atom is -0.359 e. The van der Waals surface area contributed by atoms with Crippen LogP contribution in [0.2, 0.25) is 5.02 Å². The number of amides is 3. The molecule has 3 amide bonds. The van der Waals surface area contributed by atoms with Crippen LogP contribution < -0.4 is 10.2 Å². The summed E-state index contributed by atoms with van der Waals surface area (Å²) in [5.74, 6) is -0.136. The van der Waals surface area contributed by atoms with Crippen molar-refractivity contribution in [2.45, 2.75) is 31.8 Å². The van der Waals surface area contributed by atoms with E-state index in [0.29, 0.717) is 11.6 Å². The van der Waals surface area contributed by atoms with Crippen LogP contribution in [0.5, 0.6) is 0 Å². The van der Waals surface area contributed by atoms with Crippen molar-refractivity contribution in [1.29, 1.82) is 0 Å². The zero-order chi connectivity index (χ0) is 18.0. The summed E-state index contributed by atoms with van der Waals surface area (Å²) < 4.78 is 0. The molecule has 1 atom stereocenters. The van der Waals surface area contributed by atoms with Gasteiger partial charge in [-0.3, -0.25) is 19.3 Å². The molecule has 1 aromatic carbocycles. The number of nitrogens with one attached hydrogen (secondary N) is 2. The number of carbonyl (C=O) groups excluding carboxylic acids is 3. The fourth-order valence-electron chi connectivity index (χ4n) is 3.74. The summed E-state index contributed by atoms with van der Waals surface area (Å²) in [5.41, 5.74) is 0.889. The molecule has 0 saturated carbocycles. The third-order valence-corrected chi connectivity index (χ3v) is 5.49. The SMILES string of the molecule is CNC(=O)C1CC[NH+]([C@H]2CC(=O)N(Cc3ccc(Cl)cc3)C2=O)CC1. The van der Waals surface area contributed by atoms with E-state index in [1.165, 1.54) is 4.90 Å². The van der Waals surface area contributed by atoms with Crippen LogP contribution in [0.3, 0.4) is 0 Å². The smallest absolute Gasteiger partial charge is 0.288 e. The molecule has 0 unspecified atom stereocenters. The topological polar surface area (TPSA) is 70.9 Å². The first kappa shape index (κ1) is 17.9. The summed E-state index contributed by atoms with van der Waals surface area (Å²) in [6.07, 6.45) is 1.76. The Kier molecular flexibility index (Phi) is 5.39. The van der Waals surface area contributed by atoms with Crippen LogP contribution in [0, 0.1) is 5.92 Å². The van der Waals surface area contributed by atoms with Crippen LogP contribution in [-0.2, 0) is 20.9 Å². The average molecular weight is 365 g/mol. The van der Waals surface area contributed by atoms with Gasteiger partial charge in [-0.2, -0.15) is 0 Å². The van der Waals surface area contributed by atoms with E-state index >= 15 is 0 Å². The van der Waals surface area contributed by atoms with Crippen molar-refractivity contribution in [3.05, 3.63) is 34.9 Å². The van der Waals surface area contributed by atoms with Gasteiger partial charge in [-0.25, -0.2) is 0 Å². The van der Waals surface area contributed by atoms with E-state index in [1.807, 2.05) is 12.1 Å². The van der Waals surface area contributed by atoms with Gasteiger partial charge in [0, 0.05) is 30.8 Å². The quantitative estimate of drug-likeness (QED) is 0.739. The van der Waals surface area contributed by atoms with Gasteiger partial charge in [0.2, 0.25) is 11.8 Å². The van der Waals surface area contributed by atoms with Gasteiger partial charge in [0.05, 0.1) is 26.1 Å². The Morgan fingerprint density at radius 1 is 1.24 bits per heavy atom. The van der Waals surface area contributed by atoms with E-state index in [2.05, 4.69) is 5.32 Å². The van der Waals surface area contributed by atoms with Gasteiger partial charge in [0.15, 0.2) is 6.04 Å². The maximum absolute atomic E-state index is 12.7. The predicted molar refractivity (Wildman–Crippen MR) is 92.9 cm³/mol. The number of hydrogen-bond acceptors (Lipinski definition) is 3. The highest BCUT2D eigenvalue weighted by atomic mass is 35.5. The van der Waals surface area contributed by atoms with Crippen LogP contribution in [0.1, 0.15) is 24.8 Å². The van der Waals surface area contributed by atoms with E-state index in [9.17, 15) is 14.4 Å². The number of halogens is 1. The van der Waals surface area contributed by atoms with Crippen molar-refractivity contribution in [1.82, 2.24) is 10.2 Å². The number of quaternary nitrogens is 1. The lowest BCUT2D eigenvalue weighted by atomic mass is 9.94. The van der Waals surface area contributed by atoms with E-state index in [0.717, 1.165) is 36.4 Å². The number of carbonyl (C=O) groups is 3. The molecule has 0 aliphatic carbocycles. The second-order valence-electron chi connectivity index (χ2n) is 6.75. The first-order chi connectivity index (χ1) is 12.0. The summed E-state index contributed by atoms with van der Waals surface area (Å²) in [4.78, 5) is 39.3. The highest BCUT2D eigenvalue weighted by Gasteiger charge is 2.46. The van der Waals surface area contributed by atoms with E-state index < -0.39 is 0 Å². The molecule has 0 spiro atoms. The van der Waals surface area contributed by atoms with Gasteiger partial charge >= 0.3 is 0 Å². The van der Waals surface area contributed by atoms with E-state index in [4.69, 9.17) is 11.6 Å². The monoisotopic (exact) mass is 364 g/mol. The van der Waals surface area contributed by atoms with Gasteiger partial charge < -0.3 is 10.2 Å². The molecule has 0 aromatic heterocycles. The molecule has 7 heteroatoms. The van der Waals surface area contributed by atoms with Crippen molar-refractivity contribution in [2.75, 3.05) is 20.1 Å². The molecule has 2 heterocycles. The molecule has 134 valence electrons. The molecule has 1 aromatic rings. The van der Waals surface area contributed by atoms with Crippen LogP contribution in [0.4, 0.5) is 0 Å². The molecule has 3 rings (SSSR count). The number of hydrogen-bond donors (Lipinski definition) is 2. The molecule has 0 bridgehead atoms. The summed E-state index contributed by atoms with van der Waals surface area (Å²) >= 11 is 5.88. The molecule has 2 N–H and O–H groups in total. The molecule has 2 fully saturated rings. The number of nitrogens with zero attached hydrogens (tertiary/aromatic N) is 1. The van der Waals surface area contributed by atoms with Crippen LogP contribution in [0.25, 0.3) is 0 Å². The number of rotatable bonds is 4. The van der Waals surface area contributed by atoms with E-state index in [1.54, 1.807) is 19.2 Å². The predicted octanol–water partition coefficient (Wildman–Crippen LogP) is 0.00840. The first-order valence-electron chi connectivity index (χ1n) is 8.64. The van der Waals surface area contributed by atoms with Gasteiger partial charge in [0.1, 0.15) is 0 Å². The van der Waals surface area contributed by atoms with Crippen molar-refractivity contribution in [3.63, 3.8) is 0 Å².